The highest BCUT2D eigenvalue weighted by atomic mass is 16.6. The Bertz CT molecular complexity index is 842. The maximum absolute atomic E-state index is 12.3. The largest absolute Gasteiger partial charge is 0.708 e. The topological polar surface area (TPSA) is 139 Å². The van der Waals surface area contributed by atoms with E-state index in [0.717, 1.165) is 0 Å². The van der Waals surface area contributed by atoms with Gasteiger partial charge in [-0.1, -0.05) is 0 Å². The molecule has 0 saturated carbocycles. The van der Waals surface area contributed by atoms with Crippen molar-refractivity contribution in [3.8, 4) is 22.8 Å². The van der Waals surface area contributed by atoms with Gasteiger partial charge in [-0.05, 0) is 24.3 Å². The zero-order chi connectivity index (χ0) is 17.3. The van der Waals surface area contributed by atoms with Gasteiger partial charge in [0.1, 0.15) is 0 Å². The van der Waals surface area contributed by atoms with Crippen LogP contribution in [0.3, 0.4) is 0 Å². The molecule has 0 N–H and O–H groups in total. The van der Waals surface area contributed by atoms with E-state index in [9.17, 15) is 25.4 Å². The van der Waals surface area contributed by atoms with Crippen molar-refractivity contribution in [3.05, 3.63) is 74.0 Å². The molecule has 0 atom stereocenters. The molecule has 120 valence electrons. The molecule has 0 amide bonds. The lowest BCUT2D eigenvalue weighted by Crippen LogP contribution is -2.29. The van der Waals surface area contributed by atoms with Crippen molar-refractivity contribution >= 4 is 11.4 Å². The summed E-state index contributed by atoms with van der Waals surface area (Å²) in [4.78, 5) is 20.2. The Kier molecular flexibility index (Phi) is 3.62. The highest BCUT2D eigenvalue weighted by Crippen LogP contribution is 2.23. The molecule has 0 unspecified atom stereocenters. The van der Waals surface area contributed by atoms with E-state index in [-0.39, 0.29) is 23.1 Å². The summed E-state index contributed by atoms with van der Waals surface area (Å²) in [6.07, 6.45) is 0. The third-order valence-corrected chi connectivity index (χ3v) is 3.26. The van der Waals surface area contributed by atoms with E-state index in [0.29, 0.717) is 15.9 Å². The summed E-state index contributed by atoms with van der Waals surface area (Å²) < 4.78 is 5.43. The normalized spacial score (nSPS) is 10.5. The van der Waals surface area contributed by atoms with Gasteiger partial charge < -0.3 is 5.21 Å². The number of non-ortho nitro benzene ring substituents is 2. The summed E-state index contributed by atoms with van der Waals surface area (Å²) in [5, 5.41) is 37.2. The molecule has 1 aromatic heterocycles. The standard InChI is InChI=1S/C14H8N4O6/c19-16-13(9-1-5-11(6-2-9)17(20)21)15-24-14(16)10-3-7-12(8-4-10)18(22)23/h1-8H. The van der Waals surface area contributed by atoms with Gasteiger partial charge in [0.15, 0.2) is 5.16 Å². The average Bonchev–Trinajstić information content (AvgIpc) is 2.96. The van der Waals surface area contributed by atoms with Crippen LogP contribution in [0.1, 0.15) is 0 Å². The van der Waals surface area contributed by atoms with Gasteiger partial charge >= 0.3 is 11.7 Å². The highest BCUT2D eigenvalue weighted by molar-refractivity contribution is 5.58. The Morgan fingerprint density at radius 3 is 1.75 bits per heavy atom. The number of nitro benzene ring substituents is 2. The molecular formula is C14H8N4O6. The van der Waals surface area contributed by atoms with Crippen molar-refractivity contribution < 1.29 is 19.1 Å². The van der Waals surface area contributed by atoms with E-state index in [2.05, 4.69) is 5.16 Å². The van der Waals surface area contributed by atoms with Gasteiger partial charge in [-0.25, -0.2) is 4.52 Å². The van der Waals surface area contributed by atoms with Crippen LogP contribution in [0.25, 0.3) is 22.8 Å². The minimum Gasteiger partial charge on any atom is -0.708 e. The maximum atomic E-state index is 12.3. The zero-order valence-corrected chi connectivity index (χ0v) is 11.9. The first-order chi connectivity index (χ1) is 11.5. The fraction of sp³-hybridized carbons (Fsp3) is 0. The Morgan fingerprint density at radius 1 is 0.833 bits per heavy atom. The van der Waals surface area contributed by atoms with Crippen molar-refractivity contribution in [3.63, 3.8) is 0 Å². The fourth-order valence-corrected chi connectivity index (χ4v) is 2.05. The summed E-state index contributed by atoms with van der Waals surface area (Å²) in [7, 11) is 0. The van der Waals surface area contributed by atoms with Crippen molar-refractivity contribution in [1.29, 1.82) is 0 Å². The second-order valence-corrected chi connectivity index (χ2v) is 4.71. The second-order valence-electron chi connectivity index (χ2n) is 4.71. The molecule has 0 spiro atoms. The van der Waals surface area contributed by atoms with Crippen LogP contribution < -0.4 is 4.73 Å². The first-order valence-corrected chi connectivity index (χ1v) is 6.56. The van der Waals surface area contributed by atoms with Crippen molar-refractivity contribution in [1.82, 2.24) is 5.16 Å². The first-order valence-electron chi connectivity index (χ1n) is 6.56. The molecule has 2 aromatic carbocycles. The number of nitrogens with zero attached hydrogens (tertiary/aromatic N) is 4. The van der Waals surface area contributed by atoms with Gasteiger partial charge in [-0.3, -0.25) is 20.2 Å². The lowest BCUT2D eigenvalue weighted by atomic mass is 10.2. The molecule has 0 bridgehead atoms. The van der Waals surface area contributed by atoms with Gasteiger partial charge in [0.05, 0.1) is 21.0 Å². The van der Waals surface area contributed by atoms with Crippen LogP contribution in [0, 0.1) is 25.4 Å². The zero-order valence-electron chi connectivity index (χ0n) is 11.9. The molecule has 10 nitrogen and oxygen atoms in total. The SMILES string of the molecule is O=[N+]([O-])c1ccc(-c2noc(-c3ccc([N+](=O)[O-])cc3)[n+]2[O-])cc1. The molecule has 0 saturated heterocycles. The minimum absolute atomic E-state index is 0.0711. The van der Waals surface area contributed by atoms with Crippen molar-refractivity contribution in [2.75, 3.05) is 0 Å². The van der Waals surface area contributed by atoms with Crippen LogP contribution in [-0.2, 0) is 0 Å². The van der Waals surface area contributed by atoms with Gasteiger partial charge in [-0.15, -0.1) is 0 Å². The van der Waals surface area contributed by atoms with Gasteiger partial charge in [0.2, 0.25) is 0 Å². The molecule has 0 aliphatic heterocycles. The van der Waals surface area contributed by atoms with Crippen LogP contribution in [0.4, 0.5) is 11.4 Å². The van der Waals surface area contributed by atoms with Crippen LogP contribution in [0.5, 0.6) is 0 Å². The van der Waals surface area contributed by atoms with Crippen LogP contribution in [-0.4, -0.2) is 15.0 Å². The van der Waals surface area contributed by atoms with E-state index in [4.69, 9.17) is 4.52 Å². The van der Waals surface area contributed by atoms with E-state index in [1.807, 2.05) is 0 Å². The highest BCUT2D eigenvalue weighted by Gasteiger charge is 2.23. The fourth-order valence-electron chi connectivity index (χ4n) is 2.05. The van der Waals surface area contributed by atoms with Crippen LogP contribution >= 0.6 is 0 Å². The number of hydrogen-bond donors (Lipinski definition) is 0. The molecule has 1 heterocycles. The number of benzene rings is 2. The molecule has 24 heavy (non-hydrogen) atoms. The predicted octanol–water partition coefficient (Wildman–Crippen LogP) is 2.46. The predicted molar refractivity (Wildman–Crippen MR) is 79.6 cm³/mol. The van der Waals surface area contributed by atoms with E-state index >= 15 is 0 Å². The number of nitro groups is 2. The number of hydrogen-bond acceptors (Lipinski definition) is 7. The number of aromatic nitrogens is 2. The van der Waals surface area contributed by atoms with Gasteiger partial charge in [0.25, 0.3) is 11.4 Å². The molecule has 0 fully saturated rings. The van der Waals surface area contributed by atoms with E-state index < -0.39 is 9.85 Å². The second kappa shape index (κ2) is 5.76. The molecule has 0 aliphatic carbocycles. The Hall–Kier alpha value is -3.82. The molecule has 0 aliphatic rings. The molecule has 0 radical (unpaired) electrons. The smallest absolute Gasteiger partial charge is 0.383 e. The third kappa shape index (κ3) is 2.63. The molecule has 3 aromatic rings. The monoisotopic (exact) mass is 328 g/mol. The quantitative estimate of drug-likeness (QED) is 0.310. The first kappa shape index (κ1) is 15.1. The lowest BCUT2D eigenvalue weighted by molar-refractivity contribution is -0.585. The Morgan fingerprint density at radius 2 is 1.29 bits per heavy atom. The molecule has 3 rings (SSSR count). The summed E-state index contributed by atoms with van der Waals surface area (Å²) in [5.41, 5.74) is 0.422. The third-order valence-electron chi connectivity index (χ3n) is 3.26. The van der Waals surface area contributed by atoms with Gasteiger partial charge in [-0.2, -0.15) is 4.73 Å². The van der Waals surface area contributed by atoms with Crippen LogP contribution in [0.2, 0.25) is 0 Å². The Balaban J connectivity index is 1.96. The lowest BCUT2D eigenvalue weighted by Gasteiger charge is -2.02. The van der Waals surface area contributed by atoms with E-state index in [1.165, 1.54) is 48.5 Å². The minimum atomic E-state index is -0.558. The summed E-state index contributed by atoms with van der Waals surface area (Å²) in [6, 6.07) is 10.5. The van der Waals surface area contributed by atoms with Crippen LogP contribution in [0.15, 0.2) is 53.1 Å². The Labute approximate surface area is 133 Å². The average molecular weight is 328 g/mol. The summed E-state index contributed by atoms with van der Waals surface area (Å²) >= 11 is 0. The van der Waals surface area contributed by atoms with Crippen molar-refractivity contribution in [2.45, 2.75) is 0 Å². The number of rotatable bonds is 4. The van der Waals surface area contributed by atoms with Gasteiger partial charge in [0, 0.05) is 24.3 Å². The summed E-state index contributed by atoms with van der Waals surface area (Å²) in [6.45, 7) is 0. The molecule has 10 heteroatoms. The van der Waals surface area contributed by atoms with Crippen molar-refractivity contribution in [2.24, 2.45) is 0 Å². The molecular weight excluding hydrogens is 320 g/mol. The van der Waals surface area contributed by atoms with E-state index in [1.54, 1.807) is 0 Å². The summed E-state index contributed by atoms with van der Waals surface area (Å²) in [5.74, 6) is -0.212. The maximum Gasteiger partial charge on any atom is 0.383 e.